The fraction of sp³-hybridized carbons (Fsp3) is 0.273. The molecule has 0 atom stereocenters. The topological polar surface area (TPSA) is 0 Å². The molecule has 0 fully saturated rings. The number of allylic oxidation sites excluding steroid dienone is 1. The second kappa shape index (κ2) is 4.52. The first kappa shape index (κ1) is 9.61. The van der Waals surface area contributed by atoms with E-state index in [9.17, 15) is 0 Å². The van der Waals surface area contributed by atoms with E-state index in [2.05, 4.69) is 42.3 Å². The fourth-order valence-corrected chi connectivity index (χ4v) is 3.63. The van der Waals surface area contributed by atoms with E-state index in [-0.39, 0.29) is 0 Å². The van der Waals surface area contributed by atoms with Crippen LogP contribution in [0.25, 0.3) is 0 Å². The first-order chi connectivity index (χ1) is 5.75. The van der Waals surface area contributed by atoms with Crippen LogP contribution in [0.2, 0.25) is 11.4 Å². The van der Waals surface area contributed by atoms with Crippen molar-refractivity contribution >= 4 is 19.0 Å². The van der Waals surface area contributed by atoms with Crippen LogP contribution in [0.3, 0.4) is 0 Å². The van der Waals surface area contributed by atoms with Crippen molar-refractivity contribution in [3.05, 3.63) is 42.5 Å². The van der Waals surface area contributed by atoms with Gasteiger partial charge in [-0.25, -0.2) is 0 Å². The summed E-state index contributed by atoms with van der Waals surface area (Å²) in [6, 6.07) is 8.72. The van der Waals surface area contributed by atoms with Crippen molar-refractivity contribution in [3.8, 4) is 0 Å². The zero-order valence-electron chi connectivity index (χ0n) is 7.75. The van der Waals surface area contributed by atoms with E-state index in [0.717, 1.165) is 6.42 Å². The Balaban J connectivity index is 2.99. The van der Waals surface area contributed by atoms with Crippen molar-refractivity contribution in [1.29, 1.82) is 0 Å². The average Bonchev–Trinajstić information content (AvgIpc) is 2.05. The standard InChI is InChI=1S/C11H15As/c1-4-7-10-8-5-6-9-11(10)12(2)3/h4-6,8-9H,1,7H2,2-3H3. The zero-order chi connectivity index (χ0) is 8.97. The second-order valence-corrected chi connectivity index (χ2v) is 7.78. The van der Waals surface area contributed by atoms with Crippen molar-refractivity contribution in [1.82, 2.24) is 0 Å². The van der Waals surface area contributed by atoms with Crippen LogP contribution in [0.1, 0.15) is 5.56 Å². The van der Waals surface area contributed by atoms with Gasteiger partial charge < -0.3 is 0 Å². The quantitative estimate of drug-likeness (QED) is 0.544. The Morgan fingerprint density at radius 2 is 2.00 bits per heavy atom. The number of hydrogen-bond acceptors (Lipinski definition) is 0. The van der Waals surface area contributed by atoms with Gasteiger partial charge >= 0.3 is 79.3 Å². The van der Waals surface area contributed by atoms with Crippen LogP contribution in [0.15, 0.2) is 36.9 Å². The van der Waals surface area contributed by atoms with Crippen LogP contribution in [0.5, 0.6) is 0 Å². The third kappa shape index (κ3) is 2.25. The van der Waals surface area contributed by atoms with Gasteiger partial charge in [0.2, 0.25) is 0 Å². The van der Waals surface area contributed by atoms with Gasteiger partial charge in [0.05, 0.1) is 0 Å². The van der Waals surface area contributed by atoms with Crippen LogP contribution in [0, 0.1) is 0 Å². The third-order valence-electron chi connectivity index (χ3n) is 1.84. The molecule has 0 aliphatic heterocycles. The first-order valence-corrected chi connectivity index (χ1v) is 8.81. The SMILES string of the molecule is C=CCc1ccccc1[As](C)C. The van der Waals surface area contributed by atoms with Crippen molar-refractivity contribution in [2.75, 3.05) is 0 Å². The predicted molar refractivity (Wildman–Crippen MR) is 57.5 cm³/mol. The summed E-state index contributed by atoms with van der Waals surface area (Å²) in [4.78, 5) is 0. The molecule has 64 valence electrons. The number of benzene rings is 1. The van der Waals surface area contributed by atoms with Gasteiger partial charge in [-0.15, -0.1) is 0 Å². The molecule has 1 aromatic carbocycles. The Morgan fingerprint density at radius 1 is 1.33 bits per heavy atom. The van der Waals surface area contributed by atoms with Gasteiger partial charge in [-0.3, -0.25) is 0 Å². The summed E-state index contributed by atoms with van der Waals surface area (Å²) in [5, 5.41) is 0. The minimum atomic E-state index is -0.711. The Labute approximate surface area is 79.6 Å². The van der Waals surface area contributed by atoms with E-state index < -0.39 is 14.7 Å². The Bertz CT molecular complexity index is 263. The van der Waals surface area contributed by atoms with Crippen LogP contribution >= 0.6 is 0 Å². The molecule has 0 radical (unpaired) electrons. The fourth-order valence-electron chi connectivity index (χ4n) is 1.28. The molecule has 0 saturated heterocycles. The summed E-state index contributed by atoms with van der Waals surface area (Å²) in [5.74, 6) is 0. The van der Waals surface area contributed by atoms with Crippen molar-refractivity contribution < 1.29 is 0 Å². The van der Waals surface area contributed by atoms with Gasteiger partial charge in [0.25, 0.3) is 0 Å². The molecule has 12 heavy (non-hydrogen) atoms. The molecule has 0 bridgehead atoms. The number of hydrogen-bond donors (Lipinski definition) is 0. The summed E-state index contributed by atoms with van der Waals surface area (Å²) in [6.07, 6.45) is 3.00. The molecule has 0 heterocycles. The van der Waals surface area contributed by atoms with Crippen molar-refractivity contribution in [2.24, 2.45) is 0 Å². The molecular weight excluding hydrogens is 207 g/mol. The zero-order valence-corrected chi connectivity index (χ0v) is 9.62. The van der Waals surface area contributed by atoms with Crippen molar-refractivity contribution in [2.45, 2.75) is 17.8 Å². The molecule has 0 N–H and O–H groups in total. The third-order valence-corrected chi connectivity index (χ3v) is 4.77. The Hall–Kier alpha value is -0.482. The molecule has 0 aliphatic rings. The maximum atomic E-state index is 3.77. The molecule has 0 unspecified atom stereocenters. The van der Waals surface area contributed by atoms with Gasteiger partial charge in [-0.05, 0) is 0 Å². The summed E-state index contributed by atoms with van der Waals surface area (Å²) >= 11 is -0.711. The van der Waals surface area contributed by atoms with Gasteiger partial charge in [0.15, 0.2) is 0 Å². The summed E-state index contributed by atoms with van der Waals surface area (Å²) in [5.41, 5.74) is 6.21. The van der Waals surface area contributed by atoms with E-state index in [1.807, 2.05) is 6.08 Å². The first-order valence-electron chi connectivity index (χ1n) is 4.12. The van der Waals surface area contributed by atoms with Gasteiger partial charge in [0, 0.05) is 0 Å². The Morgan fingerprint density at radius 3 is 2.58 bits per heavy atom. The van der Waals surface area contributed by atoms with Gasteiger partial charge in [-0.2, -0.15) is 0 Å². The summed E-state index contributed by atoms with van der Waals surface area (Å²) in [6.45, 7) is 3.77. The molecule has 1 rings (SSSR count). The minimum absolute atomic E-state index is 0.711. The summed E-state index contributed by atoms with van der Waals surface area (Å²) in [7, 11) is 0. The Kier molecular flexibility index (Phi) is 3.62. The second-order valence-electron chi connectivity index (χ2n) is 3.02. The van der Waals surface area contributed by atoms with E-state index in [4.69, 9.17) is 0 Å². The van der Waals surface area contributed by atoms with Crippen molar-refractivity contribution in [3.63, 3.8) is 0 Å². The van der Waals surface area contributed by atoms with Gasteiger partial charge in [-0.1, -0.05) is 0 Å². The maximum absolute atomic E-state index is 3.77. The molecular formula is C11H15As. The molecule has 0 aliphatic carbocycles. The molecule has 0 amide bonds. The van der Waals surface area contributed by atoms with E-state index in [1.54, 1.807) is 4.35 Å². The monoisotopic (exact) mass is 222 g/mol. The normalized spacial score (nSPS) is 10.2. The van der Waals surface area contributed by atoms with Crippen LogP contribution in [0.4, 0.5) is 0 Å². The van der Waals surface area contributed by atoms with Crippen LogP contribution in [-0.2, 0) is 6.42 Å². The average molecular weight is 222 g/mol. The molecule has 1 heteroatoms. The summed E-state index contributed by atoms with van der Waals surface area (Å²) < 4.78 is 1.59. The molecule has 0 spiro atoms. The van der Waals surface area contributed by atoms with Crippen LogP contribution < -0.4 is 4.35 Å². The predicted octanol–water partition coefficient (Wildman–Crippen LogP) is 2.38. The van der Waals surface area contributed by atoms with E-state index in [0.29, 0.717) is 0 Å². The molecule has 0 nitrogen and oxygen atoms in total. The van der Waals surface area contributed by atoms with E-state index >= 15 is 0 Å². The van der Waals surface area contributed by atoms with Crippen LogP contribution in [-0.4, -0.2) is 14.7 Å². The number of rotatable bonds is 3. The molecule has 0 saturated carbocycles. The molecule has 1 aromatic rings. The molecule has 0 aromatic heterocycles. The van der Waals surface area contributed by atoms with E-state index in [1.165, 1.54) is 5.56 Å². The van der Waals surface area contributed by atoms with Gasteiger partial charge in [0.1, 0.15) is 0 Å².